The smallest absolute Gasteiger partial charge is 0.315 e. The zero-order valence-corrected chi connectivity index (χ0v) is 27.4. The Morgan fingerprint density at radius 2 is 1.65 bits per heavy atom. The highest BCUT2D eigenvalue weighted by atomic mass is 32.2. The van der Waals surface area contributed by atoms with Crippen LogP contribution >= 0.6 is 0 Å². The Bertz CT molecular complexity index is 2450. The molecule has 1 aliphatic heterocycles. The molecule has 0 spiro atoms. The number of phenols is 1. The summed E-state index contributed by atoms with van der Waals surface area (Å²) in [7, 11) is -9.75. The first-order valence-corrected chi connectivity index (χ1v) is 17.2. The van der Waals surface area contributed by atoms with E-state index in [1.165, 1.54) is 13.0 Å². The lowest BCUT2D eigenvalue weighted by atomic mass is 10.0. The van der Waals surface area contributed by atoms with Crippen LogP contribution < -0.4 is 15.5 Å². The van der Waals surface area contributed by atoms with Crippen LogP contribution in [0.5, 0.6) is 5.75 Å². The second-order valence-corrected chi connectivity index (χ2v) is 13.5. The molecule has 51 heavy (non-hydrogen) atoms. The number of ether oxygens (including phenoxy) is 1. The molecule has 0 aliphatic carbocycles. The number of azo groups is 1. The third kappa shape index (κ3) is 7.60. The van der Waals surface area contributed by atoms with Crippen molar-refractivity contribution >= 4 is 71.5 Å². The van der Waals surface area contributed by atoms with Crippen LogP contribution in [0.3, 0.4) is 0 Å². The minimum Gasteiger partial charge on any atom is -0.505 e. The number of hydrogen-bond acceptors (Lipinski definition) is 16. The van der Waals surface area contributed by atoms with Crippen LogP contribution in [0.25, 0.3) is 10.8 Å². The second-order valence-electron chi connectivity index (χ2n) is 10.7. The van der Waals surface area contributed by atoms with Crippen molar-refractivity contribution in [1.82, 2.24) is 24.9 Å². The average molecular weight is 749 g/mol. The summed E-state index contributed by atoms with van der Waals surface area (Å²) in [4.78, 5) is 18.4. The average Bonchev–Trinajstić information content (AvgIpc) is 3.05. The molecule has 0 unspecified atom stereocenters. The first-order valence-electron chi connectivity index (χ1n) is 14.3. The van der Waals surface area contributed by atoms with Gasteiger partial charge in [0.1, 0.15) is 22.6 Å². The number of morpholine rings is 1. The Morgan fingerprint density at radius 3 is 2.35 bits per heavy atom. The van der Waals surface area contributed by atoms with Crippen molar-refractivity contribution in [3.8, 4) is 5.75 Å². The summed E-state index contributed by atoms with van der Waals surface area (Å²) in [5, 5.41) is 24.3. The Hall–Kier alpha value is -5.62. The monoisotopic (exact) mass is 748 g/mol. The van der Waals surface area contributed by atoms with Crippen molar-refractivity contribution in [3.05, 3.63) is 66.1 Å². The van der Waals surface area contributed by atoms with E-state index in [4.69, 9.17) is 4.74 Å². The number of hydrogen-bond donors (Lipinski definition) is 5. The standard InChI is InChI=1S/C28H23F3N10O8S2/c1-13-8-14-9-16(50(43,44)45)11-18(35-27-36-26(31)37-28(38-27)41-4-6-49-7-5-41)20(14)23(42)22(13)40-39-17-10-15(2-3-19(17)51(46,47)48)34-25-21(29)24(30)32-12-33-25/h2-3,8-12,42H,4-7H2,1H3,(H,32,33,34)(H,43,44,45)(H,46,47,48)(H,35,36,37,38). The van der Waals surface area contributed by atoms with E-state index in [1.807, 2.05) is 0 Å². The first kappa shape index (κ1) is 35.2. The van der Waals surface area contributed by atoms with Crippen LogP contribution in [-0.2, 0) is 25.0 Å². The van der Waals surface area contributed by atoms with Crippen molar-refractivity contribution in [2.45, 2.75) is 16.7 Å². The van der Waals surface area contributed by atoms with Gasteiger partial charge in [-0.1, -0.05) is 0 Å². The molecule has 6 rings (SSSR count). The molecule has 23 heteroatoms. The van der Waals surface area contributed by atoms with E-state index in [2.05, 4.69) is 45.8 Å². The van der Waals surface area contributed by atoms with Gasteiger partial charge in [-0.3, -0.25) is 9.11 Å². The number of halogens is 3. The van der Waals surface area contributed by atoms with Crippen molar-refractivity contribution in [2.24, 2.45) is 10.2 Å². The summed E-state index contributed by atoms with van der Waals surface area (Å²) < 4.78 is 116. The molecule has 2 aromatic heterocycles. The number of aromatic nitrogens is 5. The highest BCUT2D eigenvalue weighted by molar-refractivity contribution is 7.86. The Balaban J connectivity index is 1.46. The molecule has 1 fully saturated rings. The van der Waals surface area contributed by atoms with Crippen LogP contribution in [0.2, 0.25) is 0 Å². The van der Waals surface area contributed by atoms with Gasteiger partial charge in [0.25, 0.3) is 26.2 Å². The summed E-state index contributed by atoms with van der Waals surface area (Å²) >= 11 is 0. The van der Waals surface area contributed by atoms with E-state index in [1.54, 1.807) is 4.90 Å². The molecule has 3 heterocycles. The molecule has 1 saturated heterocycles. The molecule has 0 amide bonds. The van der Waals surface area contributed by atoms with Gasteiger partial charge in [0.05, 0.1) is 23.8 Å². The van der Waals surface area contributed by atoms with Gasteiger partial charge in [-0.05, 0) is 54.3 Å². The van der Waals surface area contributed by atoms with E-state index in [9.17, 15) is 44.2 Å². The molecular formula is C28H23F3N10O8S2. The van der Waals surface area contributed by atoms with Crippen LogP contribution in [0.15, 0.2) is 62.7 Å². The number of aromatic hydroxyl groups is 1. The molecule has 0 saturated carbocycles. The highest BCUT2D eigenvalue weighted by Gasteiger charge is 2.23. The third-order valence-electron chi connectivity index (χ3n) is 7.29. The van der Waals surface area contributed by atoms with Crippen molar-refractivity contribution in [3.63, 3.8) is 0 Å². The Labute approximate surface area is 285 Å². The third-order valence-corrected chi connectivity index (χ3v) is 9.02. The van der Waals surface area contributed by atoms with Crippen LogP contribution in [0.4, 0.5) is 53.6 Å². The van der Waals surface area contributed by atoms with Crippen molar-refractivity contribution in [2.75, 3.05) is 41.8 Å². The number of phenolic OH excluding ortho intramolecular Hbond substituents is 1. The molecule has 5 N–H and O–H groups in total. The maximum absolute atomic E-state index is 14.6. The van der Waals surface area contributed by atoms with Gasteiger partial charge in [0.15, 0.2) is 11.6 Å². The largest absolute Gasteiger partial charge is 0.505 e. The molecule has 0 radical (unpaired) electrons. The molecular weight excluding hydrogens is 725 g/mol. The summed E-state index contributed by atoms with van der Waals surface area (Å²) in [5.74, 6) is -4.61. The molecule has 5 aromatic rings. The number of rotatable bonds is 9. The Morgan fingerprint density at radius 1 is 0.902 bits per heavy atom. The summed E-state index contributed by atoms with van der Waals surface area (Å²) in [6.45, 7) is 2.77. The fraction of sp³-hybridized carbons (Fsp3) is 0.179. The quantitative estimate of drug-likeness (QED) is 0.0791. The van der Waals surface area contributed by atoms with Crippen molar-refractivity contribution in [1.29, 1.82) is 0 Å². The van der Waals surface area contributed by atoms with E-state index in [-0.39, 0.29) is 39.3 Å². The maximum atomic E-state index is 14.6. The second kappa shape index (κ2) is 13.6. The number of nitrogens with zero attached hydrogens (tertiary/aromatic N) is 8. The van der Waals surface area contributed by atoms with Gasteiger partial charge in [0, 0.05) is 24.2 Å². The van der Waals surface area contributed by atoms with Gasteiger partial charge in [-0.2, -0.15) is 45.0 Å². The zero-order valence-electron chi connectivity index (χ0n) is 25.8. The minimum absolute atomic E-state index is 0.0356. The van der Waals surface area contributed by atoms with Gasteiger partial charge < -0.3 is 25.4 Å². The van der Waals surface area contributed by atoms with E-state index in [0.29, 0.717) is 26.3 Å². The van der Waals surface area contributed by atoms with E-state index in [0.717, 1.165) is 36.7 Å². The molecule has 266 valence electrons. The summed E-state index contributed by atoms with van der Waals surface area (Å²) in [6.07, 6.45) is -0.445. The lowest BCUT2D eigenvalue weighted by Gasteiger charge is -2.26. The van der Waals surface area contributed by atoms with Crippen LogP contribution in [0, 0.1) is 24.8 Å². The van der Waals surface area contributed by atoms with Gasteiger partial charge in [-0.25, -0.2) is 9.97 Å². The fourth-order valence-corrected chi connectivity index (χ4v) is 6.13. The minimum atomic E-state index is -4.93. The molecule has 3 aromatic carbocycles. The number of aryl methyl sites for hydroxylation is 1. The predicted molar refractivity (Wildman–Crippen MR) is 172 cm³/mol. The van der Waals surface area contributed by atoms with Gasteiger partial charge in [-0.15, -0.1) is 10.2 Å². The zero-order chi connectivity index (χ0) is 36.7. The number of nitrogens with one attached hydrogen (secondary N) is 2. The van der Waals surface area contributed by atoms with E-state index >= 15 is 0 Å². The lowest BCUT2D eigenvalue weighted by Crippen LogP contribution is -2.37. The first-order chi connectivity index (χ1) is 24.1. The molecule has 18 nitrogen and oxygen atoms in total. The fourth-order valence-electron chi connectivity index (χ4n) is 4.98. The molecule has 0 atom stereocenters. The summed E-state index contributed by atoms with van der Waals surface area (Å²) in [6, 6.07) is 6.31. The predicted octanol–water partition coefficient (Wildman–Crippen LogP) is 4.48. The van der Waals surface area contributed by atoms with Crippen LogP contribution in [0.1, 0.15) is 5.56 Å². The topological polar surface area (TPSA) is 255 Å². The number of benzene rings is 3. The number of anilines is 5. The summed E-state index contributed by atoms with van der Waals surface area (Å²) in [5.41, 5.74) is -0.962. The Kier molecular flexibility index (Phi) is 9.39. The molecule has 1 aliphatic rings. The lowest BCUT2D eigenvalue weighted by molar-refractivity contribution is 0.122. The van der Waals surface area contributed by atoms with Gasteiger partial charge >= 0.3 is 6.08 Å². The molecule has 0 bridgehead atoms. The van der Waals surface area contributed by atoms with Crippen molar-refractivity contribution < 1.29 is 49.0 Å². The highest BCUT2D eigenvalue weighted by Crippen LogP contribution is 2.44. The van der Waals surface area contributed by atoms with Crippen LogP contribution in [-0.4, -0.2) is 82.3 Å². The normalized spacial score (nSPS) is 14.0. The van der Waals surface area contributed by atoms with E-state index < -0.39 is 71.1 Å². The SMILES string of the molecule is Cc1cc2cc(S(=O)(=O)O)cc(Nc3nc(F)nc(N4CCOCC4)n3)c2c(O)c1N=Nc1cc(Nc2ncnc(F)c2F)ccc1S(=O)(=O)O. The number of fused-ring (bicyclic) bond motifs is 1. The van der Waals surface area contributed by atoms with Gasteiger partial charge in [0.2, 0.25) is 17.7 Å². The maximum Gasteiger partial charge on any atom is 0.315 e.